The molecule has 0 spiro atoms. The van der Waals surface area contributed by atoms with Crippen molar-refractivity contribution in [1.82, 2.24) is 0 Å². The van der Waals surface area contributed by atoms with Crippen LogP contribution in [0.15, 0.2) is 42.5 Å². The van der Waals surface area contributed by atoms with Gasteiger partial charge >= 0.3 is 5.97 Å². The lowest BCUT2D eigenvalue weighted by atomic mass is 9.62. The van der Waals surface area contributed by atoms with Gasteiger partial charge in [0.1, 0.15) is 5.75 Å². The highest BCUT2D eigenvalue weighted by Crippen LogP contribution is 2.46. The van der Waals surface area contributed by atoms with E-state index in [1.54, 1.807) is 24.3 Å². The molecule has 0 aromatic heterocycles. The van der Waals surface area contributed by atoms with E-state index in [1.807, 2.05) is 0 Å². The highest BCUT2D eigenvalue weighted by Gasteiger charge is 2.37. The van der Waals surface area contributed by atoms with E-state index in [4.69, 9.17) is 9.84 Å². The summed E-state index contributed by atoms with van der Waals surface area (Å²) in [6, 6.07) is 13.8. The summed E-state index contributed by atoms with van der Waals surface area (Å²) < 4.78 is 6.13. The monoisotopic (exact) mass is 422 g/mol. The molecule has 1 N–H and O–H groups in total. The van der Waals surface area contributed by atoms with Gasteiger partial charge in [-0.2, -0.15) is 0 Å². The summed E-state index contributed by atoms with van der Waals surface area (Å²) in [7, 11) is 0. The fourth-order valence-electron chi connectivity index (χ4n) is 4.74. The second kappa shape index (κ2) is 9.46. The Morgan fingerprint density at radius 1 is 0.968 bits per heavy atom. The minimum Gasteiger partial charge on any atom is -0.493 e. The number of carbonyl (C=O) groups is 1. The number of rotatable bonds is 9. The number of unbranched alkanes of at least 4 members (excludes halogenated alkanes) is 2. The summed E-state index contributed by atoms with van der Waals surface area (Å²) in [6.07, 6.45) is 7.16. The van der Waals surface area contributed by atoms with Crippen molar-refractivity contribution in [3.8, 4) is 5.75 Å². The van der Waals surface area contributed by atoms with Crippen molar-refractivity contribution in [3.05, 3.63) is 64.7 Å². The lowest BCUT2D eigenvalue weighted by molar-refractivity contribution is 0.0697. The average molecular weight is 423 g/mol. The quantitative estimate of drug-likeness (QED) is 0.426. The van der Waals surface area contributed by atoms with Crippen LogP contribution < -0.4 is 4.74 Å². The molecule has 0 amide bonds. The minimum atomic E-state index is -0.913. The number of aromatic carboxylic acids is 1. The molecule has 0 aliphatic heterocycles. The predicted octanol–water partition coefficient (Wildman–Crippen LogP) is 7.48. The van der Waals surface area contributed by atoms with Crippen molar-refractivity contribution < 1.29 is 14.6 Å². The zero-order valence-corrected chi connectivity index (χ0v) is 19.8. The van der Waals surface area contributed by atoms with Crippen LogP contribution in [-0.2, 0) is 10.8 Å². The molecule has 0 heterocycles. The van der Waals surface area contributed by atoms with Crippen LogP contribution in [0.4, 0.5) is 0 Å². The van der Waals surface area contributed by atoms with Crippen LogP contribution in [0, 0.1) is 0 Å². The van der Waals surface area contributed by atoms with Gasteiger partial charge < -0.3 is 9.84 Å². The molecule has 2 aromatic rings. The molecule has 1 aliphatic rings. The molecule has 3 rings (SSSR count). The van der Waals surface area contributed by atoms with Gasteiger partial charge in [0.15, 0.2) is 0 Å². The third-order valence-electron chi connectivity index (χ3n) is 7.06. The third kappa shape index (κ3) is 5.50. The van der Waals surface area contributed by atoms with Crippen molar-refractivity contribution in [1.29, 1.82) is 0 Å². The van der Waals surface area contributed by atoms with Crippen LogP contribution in [0.2, 0.25) is 0 Å². The molecule has 31 heavy (non-hydrogen) atoms. The van der Waals surface area contributed by atoms with E-state index in [9.17, 15) is 4.79 Å². The Morgan fingerprint density at radius 3 is 2.23 bits per heavy atom. The molecule has 0 saturated carbocycles. The molecule has 2 aromatic carbocycles. The van der Waals surface area contributed by atoms with Crippen molar-refractivity contribution in [2.75, 3.05) is 6.61 Å². The first-order valence-corrected chi connectivity index (χ1v) is 11.7. The van der Waals surface area contributed by atoms with Crippen molar-refractivity contribution in [2.24, 2.45) is 0 Å². The van der Waals surface area contributed by atoms with E-state index in [-0.39, 0.29) is 16.4 Å². The molecule has 1 atom stereocenters. The standard InChI is InChI=1S/C28H38O3/c1-6-7-8-9-22(19-31-23-13-10-20(11-14-23)26(29)30)21-12-15-24-25(18-21)28(4,5)17-16-27(24,2)3/h10-15,18,22H,6-9,16-17,19H2,1-5H3,(H,29,30)/t22-/m0/s1. The summed E-state index contributed by atoms with van der Waals surface area (Å²) in [5.74, 6) is 0.144. The van der Waals surface area contributed by atoms with Crippen LogP contribution in [0.5, 0.6) is 5.75 Å². The number of carboxylic acids is 1. The minimum absolute atomic E-state index is 0.197. The molecule has 0 fully saturated rings. The molecule has 168 valence electrons. The van der Waals surface area contributed by atoms with Gasteiger partial charge in [-0.1, -0.05) is 72.1 Å². The van der Waals surface area contributed by atoms with E-state index >= 15 is 0 Å². The summed E-state index contributed by atoms with van der Waals surface area (Å²) in [5, 5.41) is 9.10. The number of benzene rings is 2. The molecular formula is C28H38O3. The topological polar surface area (TPSA) is 46.5 Å². The Kier molecular flexibility index (Phi) is 7.13. The first kappa shape index (κ1) is 23.4. The Bertz CT molecular complexity index is 893. The second-order valence-corrected chi connectivity index (χ2v) is 10.4. The highest BCUT2D eigenvalue weighted by molar-refractivity contribution is 5.87. The lowest BCUT2D eigenvalue weighted by Crippen LogP contribution is -2.34. The molecule has 3 nitrogen and oxygen atoms in total. The number of ether oxygens (including phenoxy) is 1. The number of hydrogen-bond donors (Lipinski definition) is 1. The molecule has 0 radical (unpaired) electrons. The fraction of sp³-hybridized carbons (Fsp3) is 0.536. The SMILES string of the molecule is CCCCC[C@@H](COc1ccc(C(=O)O)cc1)c1ccc2c(c1)C(C)(C)CCC2(C)C. The molecule has 3 heteroatoms. The summed E-state index contributed by atoms with van der Waals surface area (Å²) in [5.41, 5.74) is 5.05. The van der Waals surface area contributed by atoms with Gasteiger partial charge in [0, 0.05) is 5.92 Å². The Hall–Kier alpha value is -2.29. The highest BCUT2D eigenvalue weighted by atomic mass is 16.5. The van der Waals surface area contributed by atoms with Crippen molar-refractivity contribution in [3.63, 3.8) is 0 Å². The first-order valence-electron chi connectivity index (χ1n) is 11.7. The number of carboxylic acid groups (broad SMARTS) is 1. The Labute approximate surface area is 187 Å². The van der Waals surface area contributed by atoms with Crippen LogP contribution >= 0.6 is 0 Å². The van der Waals surface area contributed by atoms with Gasteiger partial charge in [-0.25, -0.2) is 4.79 Å². The zero-order valence-electron chi connectivity index (χ0n) is 19.8. The number of hydrogen-bond acceptors (Lipinski definition) is 2. The predicted molar refractivity (Wildman–Crippen MR) is 128 cm³/mol. The maximum Gasteiger partial charge on any atom is 0.335 e. The van der Waals surface area contributed by atoms with Crippen LogP contribution in [0.3, 0.4) is 0 Å². The largest absolute Gasteiger partial charge is 0.493 e. The lowest BCUT2D eigenvalue weighted by Gasteiger charge is -2.42. The summed E-state index contributed by atoms with van der Waals surface area (Å²) >= 11 is 0. The van der Waals surface area contributed by atoms with Gasteiger partial charge in [-0.05, 0) is 71.0 Å². The van der Waals surface area contributed by atoms with Crippen molar-refractivity contribution >= 4 is 5.97 Å². The maximum absolute atomic E-state index is 11.1. The summed E-state index contributed by atoms with van der Waals surface area (Å²) in [4.78, 5) is 11.1. The molecule has 1 aliphatic carbocycles. The van der Waals surface area contributed by atoms with E-state index in [0.29, 0.717) is 12.5 Å². The summed E-state index contributed by atoms with van der Waals surface area (Å²) in [6.45, 7) is 12.3. The van der Waals surface area contributed by atoms with Gasteiger partial charge in [-0.15, -0.1) is 0 Å². The number of fused-ring (bicyclic) bond motifs is 1. The van der Waals surface area contributed by atoms with Crippen LogP contribution in [0.1, 0.15) is 106 Å². The van der Waals surface area contributed by atoms with E-state index in [2.05, 4.69) is 52.8 Å². The van der Waals surface area contributed by atoms with Gasteiger partial charge in [0.05, 0.1) is 12.2 Å². The third-order valence-corrected chi connectivity index (χ3v) is 7.06. The van der Waals surface area contributed by atoms with Crippen molar-refractivity contribution in [2.45, 2.75) is 89.9 Å². The molecular weight excluding hydrogens is 384 g/mol. The fourth-order valence-corrected chi connectivity index (χ4v) is 4.74. The zero-order chi connectivity index (χ0) is 22.6. The van der Waals surface area contributed by atoms with Crippen LogP contribution in [0.25, 0.3) is 0 Å². The van der Waals surface area contributed by atoms with Gasteiger partial charge in [0.25, 0.3) is 0 Å². The second-order valence-electron chi connectivity index (χ2n) is 10.4. The average Bonchev–Trinajstić information content (AvgIpc) is 2.74. The first-order chi connectivity index (χ1) is 14.6. The van der Waals surface area contributed by atoms with E-state index < -0.39 is 5.97 Å². The molecule has 0 unspecified atom stereocenters. The van der Waals surface area contributed by atoms with E-state index in [0.717, 1.165) is 12.2 Å². The van der Waals surface area contributed by atoms with E-state index in [1.165, 1.54) is 48.8 Å². The smallest absolute Gasteiger partial charge is 0.335 e. The molecule has 0 bridgehead atoms. The maximum atomic E-state index is 11.1. The van der Waals surface area contributed by atoms with Gasteiger partial charge in [-0.3, -0.25) is 0 Å². The normalized spacial score (nSPS) is 17.6. The van der Waals surface area contributed by atoms with Gasteiger partial charge in [0.2, 0.25) is 0 Å². The van der Waals surface area contributed by atoms with Crippen LogP contribution in [-0.4, -0.2) is 17.7 Å². The Balaban J connectivity index is 1.83. The molecule has 0 saturated heterocycles. The Morgan fingerprint density at radius 2 is 1.61 bits per heavy atom.